The molecule has 0 aromatic heterocycles. The summed E-state index contributed by atoms with van der Waals surface area (Å²) in [5.41, 5.74) is 0.975. The van der Waals surface area contributed by atoms with E-state index in [-0.39, 0.29) is 23.5 Å². The lowest BCUT2D eigenvalue weighted by Gasteiger charge is -2.25. The number of likely N-dealkylation sites (tertiary alicyclic amines) is 1. The van der Waals surface area contributed by atoms with Gasteiger partial charge in [-0.15, -0.1) is 0 Å². The summed E-state index contributed by atoms with van der Waals surface area (Å²) in [7, 11) is 0. The van der Waals surface area contributed by atoms with Crippen LogP contribution < -0.4 is 0 Å². The number of hydrogen-bond acceptors (Lipinski definition) is 3. The molecule has 1 fully saturated rings. The first-order valence-electron chi connectivity index (χ1n) is 7.63. The summed E-state index contributed by atoms with van der Waals surface area (Å²) in [5, 5.41) is 19.0. The maximum Gasteiger partial charge on any atom is 0.254 e. The molecule has 1 amide bonds. The smallest absolute Gasteiger partial charge is 0.254 e. The lowest BCUT2D eigenvalue weighted by atomic mass is 10.0. The largest absolute Gasteiger partial charge is 0.392 e. The number of halogens is 2. The highest BCUT2D eigenvalue weighted by molar-refractivity contribution is 5.94. The number of β-amino-alcohol motifs (C(OH)–C–C–N with tert-alkyl or cyclic N) is 1. The minimum absolute atomic E-state index is 0.114. The first-order valence-corrected chi connectivity index (χ1v) is 7.63. The number of carbonyl (C=O) groups excluding carboxylic acids is 1. The van der Waals surface area contributed by atoms with Gasteiger partial charge in [-0.3, -0.25) is 4.79 Å². The van der Waals surface area contributed by atoms with Gasteiger partial charge in [0, 0.05) is 17.7 Å². The number of rotatable bonds is 3. The molecule has 0 bridgehead atoms. The van der Waals surface area contributed by atoms with Crippen LogP contribution in [0.25, 0.3) is 0 Å². The Labute approximate surface area is 138 Å². The number of amides is 1. The summed E-state index contributed by atoms with van der Waals surface area (Å²) in [5.74, 6) is -1.44. The van der Waals surface area contributed by atoms with Crippen LogP contribution in [0.4, 0.5) is 8.78 Å². The normalized spacial score (nSPS) is 20.4. The third-order valence-electron chi connectivity index (χ3n) is 4.27. The van der Waals surface area contributed by atoms with E-state index in [4.69, 9.17) is 5.11 Å². The van der Waals surface area contributed by atoms with Crippen molar-refractivity contribution in [1.82, 2.24) is 4.90 Å². The van der Waals surface area contributed by atoms with Gasteiger partial charge in [0.25, 0.3) is 5.91 Å². The van der Waals surface area contributed by atoms with Crippen LogP contribution in [0.1, 0.15) is 33.9 Å². The number of benzene rings is 2. The maximum absolute atomic E-state index is 13.8. The molecule has 6 heteroatoms. The number of aliphatic hydroxyl groups is 2. The minimum Gasteiger partial charge on any atom is -0.392 e. The number of nitrogens with zero attached hydrogens (tertiary/aromatic N) is 1. The van der Waals surface area contributed by atoms with Crippen LogP contribution in [0.2, 0.25) is 0 Å². The summed E-state index contributed by atoms with van der Waals surface area (Å²) in [6, 6.07) is 9.26. The Morgan fingerprint density at radius 3 is 2.50 bits per heavy atom. The second-order valence-electron chi connectivity index (χ2n) is 5.88. The van der Waals surface area contributed by atoms with Gasteiger partial charge in [0.2, 0.25) is 0 Å². The van der Waals surface area contributed by atoms with Gasteiger partial charge >= 0.3 is 0 Å². The molecule has 2 atom stereocenters. The van der Waals surface area contributed by atoms with Crippen LogP contribution >= 0.6 is 0 Å². The molecule has 0 unspecified atom stereocenters. The van der Waals surface area contributed by atoms with Crippen molar-refractivity contribution in [3.8, 4) is 0 Å². The molecule has 126 valence electrons. The van der Waals surface area contributed by atoms with Crippen molar-refractivity contribution in [2.75, 3.05) is 6.54 Å². The standard InChI is InChI=1S/C18H17F2NO3/c19-14-5-3-11(4-6-14)17-8-15(23)9-21(17)18(24)12-1-2-13(10-22)16(20)7-12/h1-7,15,17,22-23H,8-10H2/t15-,17+/m1/s1. The van der Waals surface area contributed by atoms with Crippen LogP contribution in [0.3, 0.4) is 0 Å². The molecule has 1 heterocycles. The molecule has 1 aliphatic heterocycles. The highest BCUT2D eigenvalue weighted by atomic mass is 19.1. The third-order valence-corrected chi connectivity index (χ3v) is 4.27. The quantitative estimate of drug-likeness (QED) is 0.907. The van der Waals surface area contributed by atoms with E-state index in [1.165, 1.54) is 29.2 Å². The number of aliphatic hydroxyl groups excluding tert-OH is 2. The Morgan fingerprint density at radius 1 is 1.17 bits per heavy atom. The molecule has 1 aliphatic rings. The molecule has 2 aromatic carbocycles. The van der Waals surface area contributed by atoms with Crippen molar-refractivity contribution in [3.63, 3.8) is 0 Å². The molecule has 4 nitrogen and oxygen atoms in total. The summed E-state index contributed by atoms with van der Waals surface area (Å²) < 4.78 is 26.9. The zero-order chi connectivity index (χ0) is 17.3. The summed E-state index contributed by atoms with van der Waals surface area (Å²) in [4.78, 5) is 14.2. The zero-order valence-electron chi connectivity index (χ0n) is 12.8. The average Bonchev–Trinajstić information content (AvgIpc) is 2.96. The molecular formula is C18H17F2NO3. The van der Waals surface area contributed by atoms with Crippen molar-refractivity contribution >= 4 is 5.91 Å². The molecule has 0 spiro atoms. The molecule has 24 heavy (non-hydrogen) atoms. The van der Waals surface area contributed by atoms with E-state index in [1.54, 1.807) is 12.1 Å². The predicted molar refractivity (Wildman–Crippen MR) is 83.1 cm³/mol. The molecule has 0 aliphatic carbocycles. The Bertz CT molecular complexity index is 748. The molecular weight excluding hydrogens is 316 g/mol. The van der Waals surface area contributed by atoms with E-state index in [2.05, 4.69) is 0 Å². The first-order chi connectivity index (χ1) is 11.5. The number of carbonyl (C=O) groups is 1. The summed E-state index contributed by atoms with van der Waals surface area (Å²) in [6.07, 6.45) is -0.347. The van der Waals surface area contributed by atoms with Crippen molar-refractivity contribution in [2.24, 2.45) is 0 Å². The average molecular weight is 333 g/mol. The van der Waals surface area contributed by atoms with Crippen molar-refractivity contribution < 1.29 is 23.8 Å². The monoisotopic (exact) mass is 333 g/mol. The second kappa shape index (κ2) is 6.67. The van der Waals surface area contributed by atoms with Gasteiger partial charge in [0.1, 0.15) is 11.6 Å². The van der Waals surface area contributed by atoms with E-state index < -0.39 is 30.5 Å². The van der Waals surface area contributed by atoms with Gasteiger partial charge in [-0.25, -0.2) is 8.78 Å². The van der Waals surface area contributed by atoms with Gasteiger partial charge in [-0.1, -0.05) is 18.2 Å². The molecule has 2 N–H and O–H groups in total. The van der Waals surface area contributed by atoms with Gasteiger partial charge in [-0.05, 0) is 36.2 Å². The van der Waals surface area contributed by atoms with E-state index >= 15 is 0 Å². The Balaban J connectivity index is 1.89. The summed E-state index contributed by atoms with van der Waals surface area (Å²) >= 11 is 0. The van der Waals surface area contributed by atoms with Crippen LogP contribution in [-0.2, 0) is 6.61 Å². The van der Waals surface area contributed by atoms with E-state index in [0.717, 1.165) is 6.07 Å². The SMILES string of the molecule is O=C(c1ccc(CO)c(F)c1)N1C[C@H](O)C[C@H]1c1ccc(F)cc1. The van der Waals surface area contributed by atoms with Crippen molar-refractivity contribution in [3.05, 3.63) is 70.8 Å². The van der Waals surface area contributed by atoms with Gasteiger partial charge in [-0.2, -0.15) is 0 Å². The lowest BCUT2D eigenvalue weighted by molar-refractivity contribution is 0.0715. The number of hydrogen-bond donors (Lipinski definition) is 2. The molecule has 3 rings (SSSR count). The summed E-state index contributed by atoms with van der Waals surface area (Å²) in [6.45, 7) is -0.314. The van der Waals surface area contributed by atoms with Crippen LogP contribution in [0.15, 0.2) is 42.5 Å². The van der Waals surface area contributed by atoms with E-state index in [0.29, 0.717) is 12.0 Å². The van der Waals surface area contributed by atoms with Gasteiger partial charge in [0.15, 0.2) is 0 Å². The maximum atomic E-state index is 13.8. The van der Waals surface area contributed by atoms with Crippen LogP contribution in [0.5, 0.6) is 0 Å². The third kappa shape index (κ3) is 3.16. The molecule has 0 saturated carbocycles. The minimum atomic E-state index is -0.689. The van der Waals surface area contributed by atoms with E-state index in [1.807, 2.05) is 0 Å². The fourth-order valence-corrected chi connectivity index (χ4v) is 3.01. The molecule has 0 radical (unpaired) electrons. The van der Waals surface area contributed by atoms with Crippen LogP contribution in [-0.4, -0.2) is 33.7 Å². The predicted octanol–water partition coefficient (Wildman–Crippen LogP) is 2.41. The van der Waals surface area contributed by atoms with Crippen molar-refractivity contribution in [2.45, 2.75) is 25.2 Å². The van der Waals surface area contributed by atoms with E-state index in [9.17, 15) is 18.7 Å². The van der Waals surface area contributed by atoms with Crippen LogP contribution in [0, 0.1) is 11.6 Å². The lowest BCUT2D eigenvalue weighted by Crippen LogP contribution is -2.31. The Morgan fingerprint density at radius 2 is 1.88 bits per heavy atom. The highest BCUT2D eigenvalue weighted by Crippen LogP contribution is 2.33. The first kappa shape index (κ1) is 16.5. The zero-order valence-corrected chi connectivity index (χ0v) is 12.8. The fraction of sp³-hybridized carbons (Fsp3) is 0.278. The highest BCUT2D eigenvalue weighted by Gasteiger charge is 2.35. The van der Waals surface area contributed by atoms with Crippen molar-refractivity contribution in [1.29, 1.82) is 0 Å². The fourth-order valence-electron chi connectivity index (χ4n) is 3.01. The Kier molecular flexibility index (Phi) is 4.59. The van der Waals surface area contributed by atoms with Gasteiger partial charge in [0.05, 0.1) is 18.8 Å². The topological polar surface area (TPSA) is 60.8 Å². The van der Waals surface area contributed by atoms with Gasteiger partial charge < -0.3 is 15.1 Å². The Hall–Kier alpha value is -2.31. The second-order valence-corrected chi connectivity index (χ2v) is 5.88. The molecule has 2 aromatic rings. The molecule has 1 saturated heterocycles.